The zero-order chi connectivity index (χ0) is 14.9. The quantitative estimate of drug-likeness (QED) is 0.830. The molecule has 0 spiro atoms. The number of ether oxygens (including phenoxy) is 1. The molecule has 1 saturated carbocycles. The van der Waals surface area contributed by atoms with Gasteiger partial charge in [-0.15, -0.1) is 0 Å². The number of likely N-dealkylation sites (tertiary alicyclic amines) is 1. The lowest BCUT2D eigenvalue weighted by molar-refractivity contribution is -0.135. The largest absolute Gasteiger partial charge is 0.379 e. The normalized spacial score (nSPS) is 35.4. The first-order valence-electron chi connectivity index (χ1n) is 7.76. The van der Waals surface area contributed by atoms with Crippen LogP contribution in [0.2, 0.25) is 0 Å². The van der Waals surface area contributed by atoms with Crippen LogP contribution in [0, 0.1) is 0 Å². The molecule has 0 radical (unpaired) electrons. The molecule has 1 amide bonds. The van der Waals surface area contributed by atoms with Crippen LogP contribution in [0.3, 0.4) is 0 Å². The highest BCUT2D eigenvalue weighted by Crippen LogP contribution is 2.31. The molecule has 20 heavy (non-hydrogen) atoms. The van der Waals surface area contributed by atoms with Crippen molar-refractivity contribution in [1.29, 1.82) is 0 Å². The van der Waals surface area contributed by atoms with Crippen LogP contribution in [0.4, 0.5) is 0 Å². The SMILES string of the molecule is CO[C@H]1C[C@@H](N(C)C(C)C)CC[C@H]1N1CC[C@H](N)C1=O. The van der Waals surface area contributed by atoms with E-state index in [-0.39, 0.29) is 24.1 Å². The number of hydrogen-bond acceptors (Lipinski definition) is 4. The number of amides is 1. The van der Waals surface area contributed by atoms with Gasteiger partial charge in [0.15, 0.2) is 0 Å². The molecule has 1 heterocycles. The van der Waals surface area contributed by atoms with Gasteiger partial charge in [0.25, 0.3) is 0 Å². The number of nitrogens with two attached hydrogens (primary N) is 1. The minimum atomic E-state index is -0.302. The summed E-state index contributed by atoms with van der Waals surface area (Å²) in [6.45, 7) is 5.23. The van der Waals surface area contributed by atoms with Gasteiger partial charge in [-0.25, -0.2) is 0 Å². The van der Waals surface area contributed by atoms with Gasteiger partial charge in [0.05, 0.1) is 18.2 Å². The summed E-state index contributed by atoms with van der Waals surface area (Å²) >= 11 is 0. The van der Waals surface area contributed by atoms with Gasteiger partial charge in [-0.05, 0) is 46.6 Å². The highest BCUT2D eigenvalue weighted by Gasteiger charge is 2.41. The number of nitrogens with zero attached hydrogens (tertiary/aromatic N) is 2. The van der Waals surface area contributed by atoms with Gasteiger partial charge >= 0.3 is 0 Å². The van der Waals surface area contributed by atoms with Crippen LogP contribution in [0.25, 0.3) is 0 Å². The topological polar surface area (TPSA) is 58.8 Å². The van der Waals surface area contributed by atoms with Crippen molar-refractivity contribution in [2.45, 2.75) is 69.8 Å². The lowest BCUT2D eigenvalue weighted by Crippen LogP contribution is -2.53. The Balaban J connectivity index is 2.02. The van der Waals surface area contributed by atoms with Crippen molar-refractivity contribution < 1.29 is 9.53 Å². The number of rotatable bonds is 4. The van der Waals surface area contributed by atoms with Gasteiger partial charge in [-0.3, -0.25) is 4.79 Å². The molecule has 0 aromatic heterocycles. The Morgan fingerprint density at radius 1 is 1.35 bits per heavy atom. The molecule has 5 heteroatoms. The van der Waals surface area contributed by atoms with Gasteiger partial charge in [0.1, 0.15) is 0 Å². The lowest BCUT2D eigenvalue weighted by atomic mass is 9.86. The predicted octanol–water partition coefficient (Wildman–Crippen LogP) is 0.822. The van der Waals surface area contributed by atoms with E-state index in [1.807, 2.05) is 4.90 Å². The monoisotopic (exact) mass is 283 g/mol. The van der Waals surface area contributed by atoms with Crippen LogP contribution in [-0.2, 0) is 9.53 Å². The molecule has 5 nitrogen and oxygen atoms in total. The first kappa shape index (κ1) is 15.7. The van der Waals surface area contributed by atoms with Crippen LogP contribution in [-0.4, -0.2) is 66.7 Å². The van der Waals surface area contributed by atoms with Crippen molar-refractivity contribution in [1.82, 2.24) is 9.80 Å². The van der Waals surface area contributed by atoms with E-state index in [4.69, 9.17) is 10.5 Å². The van der Waals surface area contributed by atoms with Crippen molar-refractivity contribution in [3.8, 4) is 0 Å². The van der Waals surface area contributed by atoms with E-state index < -0.39 is 0 Å². The summed E-state index contributed by atoms with van der Waals surface area (Å²) in [5, 5.41) is 0. The first-order chi connectivity index (χ1) is 9.45. The van der Waals surface area contributed by atoms with E-state index in [1.54, 1.807) is 7.11 Å². The van der Waals surface area contributed by atoms with Crippen LogP contribution < -0.4 is 5.73 Å². The van der Waals surface area contributed by atoms with Gasteiger partial charge in [0.2, 0.25) is 5.91 Å². The molecule has 2 rings (SSSR count). The van der Waals surface area contributed by atoms with Gasteiger partial charge in [-0.2, -0.15) is 0 Å². The van der Waals surface area contributed by atoms with E-state index in [9.17, 15) is 4.79 Å². The van der Waals surface area contributed by atoms with Crippen LogP contribution in [0.5, 0.6) is 0 Å². The smallest absolute Gasteiger partial charge is 0.239 e. The van der Waals surface area contributed by atoms with Crippen molar-refractivity contribution in [2.24, 2.45) is 5.73 Å². The molecule has 0 unspecified atom stereocenters. The molecule has 1 aliphatic carbocycles. The Hall–Kier alpha value is -0.650. The maximum Gasteiger partial charge on any atom is 0.239 e. The van der Waals surface area contributed by atoms with Gasteiger partial charge < -0.3 is 20.3 Å². The van der Waals surface area contributed by atoms with E-state index in [0.717, 1.165) is 32.2 Å². The number of carbonyl (C=O) groups excluding carboxylic acids is 1. The molecule has 1 aliphatic heterocycles. The minimum Gasteiger partial charge on any atom is -0.379 e. The first-order valence-corrected chi connectivity index (χ1v) is 7.76. The van der Waals surface area contributed by atoms with Crippen molar-refractivity contribution in [2.75, 3.05) is 20.7 Å². The van der Waals surface area contributed by atoms with Crippen molar-refractivity contribution in [3.05, 3.63) is 0 Å². The highest BCUT2D eigenvalue weighted by atomic mass is 16.5. The summed E-state index contributed by atoms with van der Waals surface area (Å²) < 4.78 is 5.70. The molecule has 0 bridgehead atoms. The predicted molar refractivity (Wildman–Crippen MR) is 79.4 cm³/mol. The van der Waals surface area contributed by atoms with Crippen LogP contribution in [0.15, 0.2) is 0 Å². The van der Waals surface area contributed by atoms with Gasteiger partial charge in [0, 0.05) is 25.7 Å². The molecular weight excluding hydrogens is 254 g/mol. The standard InChI is InChI=1S/C15H29N3O2/c1-10(2)17(3)11-5-6-13(14(9-11)20-4)18-8-7-12(16)15(18)19/h10-14H,5-9,16H2,1-4H3/t11-,12-,13+,14-/m0/s1. The lowest BCUT2D eigenvalue weighted by Gasteiger charge is -2.43. The van der Waals surface area contributed by atoms with E-state index in [1.165, 1.54) is 0 Å². The molecule has 2 fully saturated rings. The molecule has 4 atom stereocenters. The average Bonchev–Trinajstić information content (AvgIpc) is 2.77. The Labute approximate surface area is 122 Å². The number of hydrogen-bond donors (Lipinski definition) is 1. The Morgan fingerprint density at radius 2 is 2.05 bits per heavy atom. The molecule has 0 aromatic carbocycles. The maximum atomic E-state index is 12.1. The molecular formula is C15H29N3O2. The van der Waals surface area contributed by atoms with E-state index >= 15 is 0 Å². The van der Waals surface area contributed by atoms with E-state index in [2.05, 4.69) is 25.8 Å². The Kier molecular flexibility index (Phi) is 5.04. The summed E-state index contributed by atoms with van der Waals surface area (Å²) in [6.07, 6.45) is 4.04. The summed E-state index contributed by atoms with van der Waals surface area (Å²) in [5.41, 5.74) is 5.84. The molecule has 2 aliphatic rings. The van der Waals surface area contributed by atoms with E-state index in [0.29, 0.717) is 12.1 Å². The molecule has 0 aromatic rings. The van der Waals surface area contributed by atoms with Crippen molar-refractivity contribution in [3.63, 3.8) is 0 Å². The fourth-order valence-corrected chi connectivity index (χ4v) is 3.55. The fraction of sp³-hybridized carbons (Fsp3) is 0.933. The third kappa shape index (κ3) is 3.00. The summed E-state index contributed by atoms with van der Waals surface area (Å²) in [4.78, 5) is 16.5. The highest BCUT2D eigenvalue weighted by molar-refractivity contribution is 5.84. The second kappa shape index (κ2) is 6.41. The Bertz CT molecular complexity index is 348. The van der Waals surface area contributed by atoms with Crippen LogP contribution >= 0.6 is 0 Å². The molecule has 2 N–H and O–H groups in total. The molecule has 1 saturated heterocycles. The van der Waals surface area contributed by atoms with Crippen LogP contribution in [0.1, 0.15) is 39.5 Å². The maximum absolute atomic E-state index is 12.1. The molecule has 116 valence electrons. The van der Waals surface area contributed by atoms with Gasteiger partial charge in [-0.1, -0.05) is 0 Å². The minimum absolute atomic E-state index is 0.104. The zero-order valence-corrected chi connectivity index (χ0v) is 13.2. The Morgan fingerprint density at radius 3 is 2.55 bits per heavy atom. The third-order valence-corrected chi connectivity index (χ3v) is 5.10. The van der Waals surface area contributed by atoms with Crippen molar-refractivity contribution >= 4 is 5.91 Å². The zero-order valence-electron chi connectivity index (χ0n) is 13.2. The number of carbonyl (C=O) groups is 1. The average molecular weight is 283 g/mol. The fourth-order valence-electron chi connectivity index (χ4n) is 3.55. The summed E-state index contributed by atoms with van der Waals surface area (Å²) in [5.74, 6) is 0.104. The summed E-state index contributed by atoms with van der Waals surface area (Å²) in [7, 11) is 3.94. The second-order valence-corrected chi connectivity index (χ2v) is 6.49. The second-order valence-electron chi connectivity index (χ2n) is 6.49. The third-order valence-electron chi connectivity index (χ3n) is 5.10. The number of methoxy groups -OCH3 is 1. The summed E-state index contributed by atoms with van der Waals surface area (Å²) in [6, 6.07) is 0.986.